The van der Waals surface area contributed by atoms with E-state index in [9.17, 15) is 0 Å². The monoisotopic (exact) mass is 242 g/mol. The molecule has 2 N–H and O–H groups in total. The van der Waals surface area contributed by atoms with Gasteiger partial charge in [0.05, 0.1) is 10.7 Å². The molecule has 1 aromatic rings. The summed E-state index contributed by atoms with van der Waals surface area (Å²) < 4.78 is 0. The molecule has 1 saturated heterocycles. The van der Waals surface area contributed by atoms with E-state index in [0.29, 0.717) is 10.7 Å². The van der Waals surface area contributed by atoms with Crippen LogP contribution in [0.25, 0.3) is 0 Å². The van der Waals surface area contributed by atoms with E-state index >= 15 is 0 Å². The number of anilines is 1. The van der Waals surface area contributed by atoms with E-state index in [0.717, 1.165) is 6.54 Å². The van der Waals surface area contributed by atoms with Crippen LogP contribution in [-0.4, -0.2) is 29.5 Å². The van der Waals surface area contributed by atoms with Gasteiger partial charge in [0.2, 0.25) is 0 Å². The number of hydrogen-bond acceptors (Lipinski definition) is 3. The third kappa shape index (κ3) is 3.03. The molecule has 15 heavy (non-hydrogen) atoms. The molecule has 0 radical (unpaired) electrons. The normalized spacial score (nSPS) is 17.9. The Hall–Kier alpha value is -0.380. The summed E-state index contributed by atoms with van der Waals surface area (Å²) in [5, 5.41) is 0.666. The van der Waals surface area contributed by atoms with E-state index in [1.807, 2.05) is 23.9 Å². The lowest BCUT2D eigenvalue weighted by molar-refractivity contribution is 0.294. The molecule has 0 amide bonds. The highest BCUT2D eigenvalue weighted by molar-refractivity contribution is 7.99. The number of nitrogen functional groups attached to an aromatic ring is 1. The molecule has 4 heteroatoms. The molecule has 2 rings (SSSR count). The summed E-state index contributed by atoms with van der Waals surface area (Å²) >= 11 is 8.01. The summed E-state index contributed by atoms with van der Waals surface area (Å²) in [5.41, 5.74) is 7.59. The second-order valence-corrected chi connectivity index (χ2v) is 5.38. The van der Waals surface area contributed by atoms with Gasteiger partial charge >= 0.3 is 0 Å². The highest BCUT2D eigenvalue weighted by atomic mass is 35.5. The van der Waals surface area contributed by atoms with Crippen molar-refractivity contribution >= 4 is 29.1 Å². The highest BCUT2D eigenvalue weighted by Gasteiger charge is 2.10. The fourth-order valence-electron chi connectivity index (χ4n) is 1.69. The van der Waals surface area contributed by atoms with Crippen LogP contribution < -0.4 is 5.73 Å². The summed E-state index contributed by atoms with van der Waals surface area (Å²) in [6, 6.07) is 5.91. The van der Waals surface area contributed by atoms with Crippen LogP contribution in [0.15, 0.2) is 18.2 Å². The zero-order chi connectivity index (χ0) is 10.7. The Balaban J connectivity index is 2.00. The van der Waals surface area contributed by atoms with Crippen LogP contribution >= 0.6 is 23.4 Å². The van der Waals surface area contributed by atoms with Gasteiger partial charge in [-0.05, 0) is 17.7 Å². The zero-order valence-corrected chi connectivity index (χ0v) is 10.2. The van der Waals surface area contributed by atoms with Crippen molar-refractivity contribution in [3.63, 3.8) is 0 Å². The summed E-state index contributed by atoms with van der Waals surface area (Å²) in [6.45, 7) is 3.33. The number of benzene rings is 1. The summed E-state index contributed by atoms with van der Waals surface area (Å²) in [4.78, 5) is 2.46. The Morgan fingerprint density at radius 1 is 1.33 bits per heavy atom. The van der Waals surface area contributed by atoms with Crippen molar-refractivity contribution in [2.45, 2.75) is 6.54 Å². The van der Waals surface area contributed by atoms with Crippen LogP contribution in [0.5, 0.6) is 0 Å². The standard InChI is InChI=1S/C11H15ClN2S/c12-10-7-9(1-2-11(10)13)8-14-3-5-15-6-4-14/h1-2,7H,3-6,8,13H2. The van der Waals surface area contributed by atoms with E-state index in [4.69, 9.17) is 17.3 Å². The predicted octanol–water partition coefficient (Wildman–Crippen LogP) is 2.47. The minimum atomic E-state index is 0.662. The number of thioether (sulfide) groups is 1. The fraction of sp³-hybridized carbons (Fsp3) is 0.455. The lowest BCUT2D eigenvalue weighted by Gasteiger charge is -2.26. The van der Waals surface area contributed by atoms with E-state index in [2.05, 4.69) is 11.0 Å². The Morgan fingerprint density at radius 3 is 2.73 bits per heavy atom. The van der Waals surface area contributed by atoms with Gasteiger partial charge in [0.1, 0.15) is 0 Å². The Morgan fingerprint density at radius 2 is 2.07 bits per heavy atom. The topological polar surface area (TPSA) is 29.3 Å². The summed E-state index contributed by atoms with van der Waals surface area (Å²) in [6.07, 6.45) is 0. The van der Waals surface area contributed by atoms with Gasteiger partial charge < -0.3 is 5.73 Å². The molecule has 2 nitrogen and oxygen atoms in total. The van der Waals surface area contributed by atoms with Crippen LogP contribution in [0, 0.1) is 0 Å². The molecule has 0 spiro atoms. The Bertz CT molecular complexity index is 337. The quantitative estimate of drug-likeness (QED) is 0.808. The van der Waals surface area contributed by atoms with Crippen molar-refractivity contribution < 1.29 is 0 Å². The second-order valence-electron chi connectivity index (χ2n) is 3.74. The summed E-state index contributed by atoms with van der Waals surface area (Å²) in [5.74, 6) is 2.48. The van der Waals surface area contributed by atoms with E-state index in [1.54, 1.807) is 0 Å². The van der Waals surface area contributed by atoms with Crippen molar-refractivity contribution in [2.24, 2.45) is 0 Å². The Kier molecular flexibility index (Phi) is 3.78. The summed E-state index contributed by atoms with van der Waals surface area (Å²) in [7, 11) is 0. The van der Waals surface area contributed by atoms with Crippen LogP contribution in [0.1, 0.15) is 5.56 Å². The van der Waals surface area contributed by atoms with Gasteiger partial charge in [-0.25, -0.2) is 0 Å². The first-order chi connectivity index (χ1) is 7.25. The van der Waals surface area contributed by atoms with Gasteiger partial charge in [0.15, 0.2) is 0 Å². The van der Waals surface area contributed by atoms with Gasteiger partial charge in [0.25, 0.3) is 0 Å². The first-order valence-electron chi connectivity index (χ1n) is 5.10. The second kappa shape index (κ2) is 5.10. The smallest absolute Gasteiger partial charge is 0.0638 e. The van der Waals surface area contributed by atoms with Crippen molar-refractivity contribution in [3.05, 3.63) is 28.8 Å². The molecule has 1 aliphatic heterocycles. The largest absolute Gasteiger partial charge is 0.398 e. The number of halogens is 1. The third-order valence-electron chi connectivity index (χ3n) is 2.57. The van der Waals surface area contributed by atoms with Crippen molar-refractivity contribution in [1.82, 2.24) is 4.90 Å². The Labute approximate surface area is 99.8 Å². The maximum absolute atomic E-state index is 5.98. The molecule has 82 valence electrons. The molecular formula is C11H15ClN2S. The predicted molar refractivity (Wildman–Crippen MR) is 68.5 cm³/mol. The van der Waals surface area contributed by atoms with Gasteiger partial charge in [-0.15, -0.1) is 0 Å². The molecule has 0 aliphatic carbocycles. The number of nitrogens with zero attached hydrogens (tertiary/aromatic N) is 1. The minimum Gasteiger partial charge on any atom is -0.398 e. The van der Waals surface area contributed by atoms with Crippen LogP contribution in [0.4, 0.5) is 5.69 Å². The highest BCUT2D eigenvalue weighted by Crippen LogP contribution is 2.21. The van der Waals surface area contributed by atoms with Crippen LogP contribution in [0.2, 0.25) is 5.02 Å². The van der Waals surface area contributed by atoms with Crippen molar-refractivity contribution in [1.29, 1.82) is 0 Å². The molecule has 0 unspecified atom stereocenters. The molecular weight excluding hydrogens is 228 g/mol. The maximum Gasteiger partial charge on any atom is 0.0638 e. The number of rotatable bonds is 2. The van der Waals surface area contributed by atoms with Crippen molar-refractivity contribution in [2.75, 3.05) is 30.3 Å². The van der Waals surface area contributed by atoms with Crippen LogP contribution in [-0.2, 0) is 6.54 Å². The molecule has 0 saturated carbocycles. The van der Waals surface area contributed by atoms with Gasteiger partial charge in [-0.1, -0.05) is 17.7 Å². The van der Waals surface area contributed by atoms with Gasteiger partial charge in [0, 0.05) is 31.1 Å². The molecule has 1 aliphatic rings. The minimum absolute atomic E-state index is 0.662. The van der Waals surface area contributed by atoms with Gasteiger partial charge in [-0.3, -0.25) is 4.90 Å². The maximum atomic E-state index is 5.98. The first kappa shape index (κ1) is 11.1. The molecule has 0 atom stereocenters. The van der Waals surface area contributed by atoms with E-state index < -0.39 is 0 Å². The first-order valence-corrected chi connectivity index (χ1v) is 6.63. The fourth-order valence-corrected chi connectivity index (χ4v) is 2.87. The molecule has 1 aromatic carbocycles. The average molecular weight is 243 g/mol. The molecule has 1 fully saturated rings. The third-order valence-corrected chi connectivity index (χ3v) is 3.84. The SMILES string of the molecule is Nc1ccc(CN2CCSCC2)cc1Cl. The molecule has 0 aromatic heterocycles. The molecule has 1 heterocycles. The number of hydrogen-bond donors (Lipinski definition) is 1. The van der Waals surface area contributed by atoms with Crippen LogP contribution in [0.3, 0.4) is 0 Å². The van der Waals surface area contributed by atoms with Gasteiger partial charge in [-0.2, -0.15) is 11.8 Å². The lowest BCUT2D eigenvalue weighted by Crippen LogP contribution is -2.31. The van der Waals surface area contributed by atoms with E-state index in [-0.39, 0.29) is 0 Å². The number of nitrogens with two attached hydrogens (primary N) is 1. The van der Waals surface area contributed by atoms with Crippen molar-refractivity contribution in [3.8, 4) is 0 Å². The van der Waals surface area contributed by atoms with E-state index in [1.165, 1.54) is 30.2 Å². The zero-order valence-electron chi connectivity index (χ0n) is 8.58. The lowest BCUT2D eigenvalue weighted by atomic mass is 10.2. The molecule has 0 bridgehead atoms. The average Bonchev–Trinajstić information content (AvgIpc) is 2.25.